The molecule has 134 valence electrons. The number of unbranched alkanes of at least 4 members (excludes halogenated alkanes) is 2. The molecule has 6 nitrogen and oxygen atoms in total. The van der Waals surface area contributed by atoms with E-state index in [0.717, 1.165) is 19.3 Å². The van der Waals surface area contributed by atoms with Crippen molar-refractivity contribution in [3.05, 3.63) is 12.2 Å². The quantitative estimate of drug-likeness (QED) is 0.133. The van der Waals surface area contributed by atoms with E-state index in [0.29, 0.717) is 13.0 Å². The predicted octanol–water partition coefficient (Wildman–Crippen LogP) is -1.71. The van der Waals surface area contributed by atoms with Crippen LogP contribution < -0.4 is 56.5 Å². The normalized spacial score (nSPS) is 16.2. The van der Waals surface area contributed by atoms with E-state index < -0.39 is 30.8 Å². The van der Waals surface area contributed by atoms with Gasteiger partial charge in [-0.2, -0.15) is 0 Å². The van der Waals surface area contributed by atoms with Crippen LogP contribution in [-0.2, 0) is 9.59 Å². The van der Waals surface area contributed by atoms with Crippen molar-refractivity contribution < 1.29 is 80.8 Å². The molecule has 3 unspecified atom stereocenters. The molecule has 3 atom stereocenters. The zero-order chi connectivity index (χ0) is 17.9. The molecular formula is C17H31KNO5+. The molecule has 0 fully saturated rings. The SMILES string of the molecule is CC/C=C/CCCC[N+](CO)(C(CC)C(=O)[O-])C(CC)C(=O)O.[K+]. The minimum absolute atomic E-state index is 0. The molecule has 0 amide bonds. The van der Waals surface area contributed by atoms with Crippen LogP contribution in [0, 0.1) is 0 Å². The fourth-order valence-corrected chi connectivity index (χ4v) is 3.25. The van der Waals surface area contributed by atoms with E-state index in [1.807, 2.05) is 0 Å². The van der Waals surface area contributed by atoms with Gasteiger partial charge in [-0.1, -0.05) is 32.9 Å². The summed E-state index contributed by atoms with van der Waals surface area (Å²) < 4.78 is -0.359. The Morgan fingerprint density at radius 2 is 1.67 bits per heavy atom. The monoisotopic (exact) mass is 368 g/mol. The first-order chi connectivity index (χ1) is 10.9. The Kier molecular flexibility index (Phi) is 15.9. The summed E-state index contributed by atoms with van der Waals surface area (Å²) >= 11 is 0. The van der Waals surface area contributed by atoms with Gasteiger partial charge in [0.15, 0.2) is 12.8 Å². The summed E-state index contributed by atoms with van der Waals surface area (Å²) in [6.07, 6.45) is 7.94. The van der Waals surface area contributed by atoms with Crippen molar-refractivity contribution in [1.82, 2.24) is 0 Å². The molecule has 0 heterocycles. The van der Waals surface area contributed by atoms with Gasteiger partial charge in [0, 0.05) is 12.8 Å². The number of aliphatic carboxylic acids is 2. The number of quaternary nitrogens is 1. The van der Waals surface area contributed by atoms with Gasteiger partial charge >= 0.3 is 57.4 Å². The number of aliphatic hydroxyl groups is 1. The standard InChI is InChI=1S/C17H31NO5.K/c1-4-7-8-9-10-11-12-18(13-19,14(5-2)16(20)21)15(6-3)17(22)23;/h7-8,14-15,19H,4-6,9-13H2,1-3H3,(H-,20,21,22,23);/q;+1/b8-7+;. The number of rotatable bonds is 13. The number of carbonyl (C=O) groups excluding carboxylic acids is 1. The van der Waals surface area contributed by atoms with E-state index in [2.05, 4.69) is 19.1 Å². The van der Waals surface area contributed by atoms with E-state index >= 15 is 0 Å². The third-order valence-corrected chi connectivity index (χ3v) is 4.43. The second-order valence-electron chi connectivity index (χ2n) is 5.85. The maximum absolute atomic E-state index is 11.6. The molecule has 2 N–H and O–H groups in total. The Bertz CT molecular complexity index is 378. The minimum Gasteiger partial charge on any atom is -0.544 e. The summed E-state index contributed by atoms with van der Waals surface area (Å²) in [4.78, 5) is 23.1. The number of allylic oxidation sites excluding steroid dienone is 2. The van der Waals surface area contributed by atoms with Crippen LogP contribution in [0.15, 0.2) is 12.2 Å². The molecule has 0 aliphatic carbocycles. The Hall–Kier alpha value is 0.236. The molecule has 0 saturated carbocycles. The average molecular weight is 369 g/mol. The second-order valence-corrected chi connectivity index (χ2v) is 5.85. The Morgan fingerprint density at radius 3 is 2.04 bits per heavy atom. The van der Waals surface area contributed by atoms with E-state index in [1.165, 1.54) is 0 Å². The van der Waals surface area contributed by atoms with E-state index in [4.69, 9.17) is 0 Å². The molecule has 0 saturated heterocycles. The van der Waals surface area contributed by atoms with Crippen molar-refractivity contribution in [2.75, 3.05) is 13.3 Å². The fourth-order valence-electron chi connectivity index (χ4n) is 3.25. The van der Waals surface area contributed by atoms with Crippen LogP contribution in [0.1, 0.15) is 59.3 Å². The molecule has 0 radical (unpaired) electrons. The van der Waals surface area contributed by atoms with Gasteiger partial charge < -0.3 is 20.1 Å². The van der Waals surface area contributed by atoms with Crippen molar-refractivity contribution in [2.45, 2.75) is 71.4 Å². The van der Waals surface area contributed by atoms with Crippen LogP contribution in [0.25, 0.3) is 0 Å². The van der Waals surface area contributed by atoms with Crippen LogP contribution in [0.3, 0.4) is 0 Å². The van der Waals surface area contributed by atoms with Gasteiger partial charge in [-0.15, -0.1) is 0 Å². The molecule has 0 aromatic heterocycles. The van der Waals surface area contributed by atoms with Crippen molar-refractivity contribution in [2.24, 2.45) is 0 Å². The van der Waals surface area contributed by atoms with Crippen LogP contribution in [0.4, 0.5) is 0 Å². The molecule has 0 bridgehead atoms. The number of aliphatic hydroxyl groups excluding tert-OH is 1. The number of nitrogens with zero attached hydrogens (tertiary/aromatic N) is 1. The van der Waals surface area contributed by atoms with E-state index in [-0.39, 0.29) is 68.7 Å². The molecule has 0 aromatic rings. The molecule has 0 spiro atoms. The van der Waals surface area contributed by atoms with Gasteiger partial charge in [0.25, 0.3) is 0 Å². The Labute approximate surface area is 187 Å². The minimum atomic E-state index is -1.30. The zero-order valence-corrected chi connectivity index (χ0v) is 18.7. The maximum atomic E-state index is 11.6. The smallest absolute Gasteiger partial charge is 0.544 e. The molecule has 24 heavy (non-hydrogen) atoms. The van der Waals surface area contributed by atoms with Crippen molar-refractivity contribution in [3.63, 3.8) is 0 Å². The Morgan fingerprint density at radius 1 is 1.08 bits per heavy atom. The zero-order valence-electron chi connectivity index (χ0n) is 15.5. The molecule has 0 rings (SSSR count). The van der Waals surface area contributed by atoms with Gasteiger partial charge in [-0.25, -0.2) is 4.79 Å². The van der Waals surface area contributed by atoms with Gasteiger partial charge in [0.1, 0.15) is 6.04 Å². The number of carboxylic acids is 2. The van der Waals surface area contributed by atoms with Crippen molar-refractivity contribution in [1.29, 1.82) is 0 Å². The third-order valence-electron chi connectivity index (χ3n) is 4.43. The van der Waals surface area contributed by atoms with Crippen LogP contribution in [0.2, 0.25) is 0 Å². The van der Waals surface area contributed by atoms with E-state index in [1.54, 1.807) is 13.8 Å². The molecule has 0 aromatic carbocycles. The number of carbonyl (C=O) groups is 2. The average Bonchev–Trinajstić information content (AvgIpc) is 2.50. The number of carboxylic acid groups (broad SMARTS) is 2. The summed E-state index contributed by atoms with van der Waals surface area (Å²) in [5.74, 6) is -2.38. The number of hydrogen-bond acceptors (Lipinski definition) is 4. The Balaban J connectivity index is 0. The molecule has 7 heteroatoms. The second kappa shape index (κ2) is 14.4. The first-order valence-electron chi connectivity index (χ1n) is 8.47. The summed E-state index contributed by atoms with van der Waals surface area (Å²) in [5, 5.41) is 30.9. The van der Waals surface area contributed by atoms with Gasteiger partial charge in [0.2, 0.25) is 0 Å². The van der Waals surface area contributed by atoms with Crippen LogP contribution >= 0.6 is 0 Å². The first-order valence-corrected chi connectivity index (χ1v) is 8.47. The van der Waals surface area contributed by atoms with Crippen LogP contribution in [-0.4, -0.2) is 52.0 Å². The predicted molar refractivity (Wildman–Crippen MR) is 86.3 cm³/mol. The van der Waals surface area contributed by atoms with Gasteiger partial charge in [-0.05, 0) is 25.7 Å². The molecule has 0 aliphatic heterocycles. The summed E-state index contributed by atoms with van der Waals surface area (Å²) in [6, 6.07) is -1.97. The van der Waals surface area contributed by atoms with Crippen molar-refractivity contribution >= 4 is 11.9 Å². The molecular weight excluding hydrogens is 337 g/mol. The van der Waals surface area contributed by atoms with Crippen molar-refractivity contribution in [3.8, 4) is 0 Å². The fraction of sp³-hybridized carbons (Fsp3) is 0.765. The van der Waals surface area contributed by atoms with Crippen LogP contribution in [0.5, 0.6) is 0 Å². The van der Waals surface area contributed by atoms with E-state index in [9.17, 15) is 24.9 Å². The first kappa shape index (κ1) is 26.5. The van der Waals surface area contributed by atoms with Gasteiger partial charge in [-0.3, -0.25) is 4.48 Å². The summed E-state index contributed by atoms with van der Waals surface area (Å²) in [5.41, 5.74) is 0. The maximum Gasteiger partial charge on any atom is 1.00 e. The number of hydrogen-bond donors (Lipinski definition) is 2. The third kappa shape index (κ3) is 7.64. The molecule has 0 aliphatic rings. The largest absolute Gasteiger partial charge is 1.00 e. The topological polar surface area (TPSA) is 97.7 Å². The summed E-state index contributed by atoms with van der Waals surface area (Å²) in [6.45, 7) is 5.24. The van der Waals surface area contributed by atoms with Gasteiger partial charge in [0.05, 0.1) is 12.5 Å². The summed E-state index contributed by atoms with van der Waals surface area (Å²) in [7, 11) is 0.